The maximum Gasteiger partial charge on any atom is 0.0622 e. The highest BCUT2D eigenvalue weighted by Crippen LogP contribution is 2.21. The lowest BCUT2D eigenvalue weighted by atomic mass is 10.1. The lowest BCUT2D eigenvalue weighted by Crippen LogP contribution is -1.82. The van der Waals surface area contributed by atoms with Gasteiger partial charge in [0.05, 0.1) is 11.4 Å². The number of aryl methyl sites for hydroxylation is 2. The van der Waals surface area contributed by atoms with Crippen LogP contribution in [0.4, 0.5) is 0 Å². The highest BCUT2D eigenvalue weighted by Gasteiger charge is 2.05. The zero-order chi connectivity index (χ0) is 15.6. The third kappa shape index (κ3) is 5.40. The van der Waals surface area contributed by atoms with Crippen molar-refractivity contribution in [1.29, 1.82) is 0 Å². The highest BCUT2D eigenvalue weighted by atomic mass is 14.8. The Kier molecular flexibility index (Phi) is 7.35. The first-order valence-electron chi connectivity index (χ1n) is 9.18. The van der Waals surface area contributed by atoms with Crippen molar-refractivity contribution in [3.8, 4) is 11.4 Å². The molecule has 2 N–H and O–H groups in total. The van der Waals surface area contributed by atoms with Crippen LogP contribution >= 0.6 is 0 Å². The van der Waals surface area contributed by atoms with E-state index in [1.165, 1.54) is 86.7 Å². The molecule has 0 aromatic carbocycles. The van der Waals surface area contributed by atoms with Crippen LogP contribution in [0.3, 0.4) is 0 Å². The second-order valence-corrected chi connectivity index (χ2v) is 6.46. The predicted molar refractivity (Wildman–Crippen MR) is 96.3 cm³/mol. The van der Waals surface area contributed by atoms with Crippen LogP contribution in [0.1, 0.15) is 76.3 Å². The topological polar surface area (TPSA) is 31.6 Å². The Morgan fingerprint density at radius 2 is 1.09 bits per heavy atom. The monoisotopic (exact) mass is 300 g/mol. The van der Waals surface area contributed by atoms with E-state index in [9.17, 15) is 0 Å². The van der Waals surface area contributed by atoms with Crippen LogP contribution in [0.25, 0.3) is 11.4 Å². The molecule has 0 bridgehead atoms. The number of aromatic amines is 2. The van der Waals surface area contributed by atoms with E-state index in [2.05, 4.69) is 48.3 Å². The van der Waals surface area contributed by atoms with Crippen molar-refractivity contribution < 1.29 is 0 Å². The second-order valence-electron chi connectivity index (χ2n) is 6.46. The Hall–Kier alpha value is -1.44. The number of nitrogens with one attached hydrogen (secondary N) is 2. The average Bonchev–Trinajstić information content (AvgIpc) is 3.17. The molecule has 0 fully saturated rings. The summed E-state index contributed by atoms with van der Waals surface area (Å²) < 4.78 is 0. The zero-order valence-electron chi connectivity index (χ0n) is 14.4. The van der Waals surface area contributed by atoms with Crippen LogP contribution in [0, 0.1) is 0 Å². The number of rotatable bonds is 11. The quantitative estimate of drug-likeness (QED) is 0.459. The molecular formula is C20H32N2. The number of hydrogen-bond donors (Lipinski definition) is 2. The first-order chi connectivity index (χ1) is 10.8. The molecule has 0 aliphatic carbocycles. The van der Waals surface area contributed by atoms with Crippen molar-refractivity contribution in [2.45, 2.75) is 78.1 Å². The molecule has 0 atom stereocenters. The van der Waals surface area contributed by atoms with Crippen molar-refractivity contribution in [3.05, 3.63) is 35.7 Å². The van der Waals surface area contributed by atoms with Gasteiger partial charge in [0.15, 0.2) is 0 Å². The fourth-order valence-corrected chi connectivity index (χ4v) is 2.99. The third-order valence-electron chi connectivity index (χ3n) is 4.41. The summed E-state index contributed by atoms with van der Waals surface area (Å²) in [5.74, 6) is 0. The van der Waals surface area contributed by atoms with Crippen molar-refractivity contribution in [2.24, 2.45) is 0 Å². The lowest BCUT2D eigenvalue weighted by Gasteiger charge is -1.97. The fourth-order valence-electron chi connectivity index (χ4n) is 2.99. The second kappa shape index (κ2) is 9.55. The molecule has 0 unspecified atom stereocenters. The number of hydrogen-bond acceptors (Lipinski definition) is 0. The largest absolute Gasteiger partial charge is 0.360 e. The van der Waals surface area contributed by atoms with Gasteiger partial charge < -0.3 is 9.97 Å². The predicted octanol–water partition coefficient (Wildman–Crippen LogP) is 6.26. The van der Waals surface area contributed by atoms with E-state index in [-0.39, 0.29) is 0 Å². The van der Waals surface area contributed by atoms with Gasteiger partial charge in [-0.3, -0.25) is 0 Å². The van der Waals surface area contributed by atoms with Crippen LogP contribution in [-0.4, -0.2) is 9.97 Å². The molecule has 0 aliphatic rings. The first-order valence-corrected chi connectivity index (χ1v) is 9.18. The van der Waals surface area contributed by atoms with Gasteiger partial charge in [-0.25, -0.2) is 0 Å². The van der Waals surface area contributed by atoms with Crippen LogP contribution < -0.4 is 0 Å². The Labute approximate surface area is 135 Å². The maximum absolute atomic E-state index is 3.42. The van der Waals surface area contributed by atoms with Crippen molar-refractivity contribution in [1.82, 2.24) is 9.97 Å². The van der Waals surface area contributed by atoms with Gasteiger partial charge in [-0.2, -0.15) is 0 Å². The molecule has 0 amide bonds. The summed E-state index contributed by atoms with van der Waals surface area (Å²) in [6.45, 7) is 4.53. The first kappa shape index (κ1) is 16.9. The summed E-state index contributed by atoms with van der Waals surface area (Å²) >= 11 is 0. The Morgan fingerprint density at radius 1 is 0.636 bits per heavy atom. The molecule has 2 nitrogen and oxygen atoms in total. The number of H-pyrrole nitrogens is 2. The zero-order valence-corrected chi connectivity index (χ0v) is 14.4. The van der Waals surface area contributed by atoms with Gasteiger partial charge in [-0.15, -0.1) is 0 Å². The van der Waals surface area contributed by atoms with E-state index in [1.807, 2.05) is 0 Å². The minimum Gasteiger partial charge on any atom is -0.360 e. The van der Waals surface area contributed by atoms with E-state index < -0.39 is 0 Å². The standard InChI is InChI=1S/C20H32N2/c1-3-5-7-9-11-17-13-19(21-15-17)20-14-18(16-22-20)12-10-8-6-4-2/h13-16,21-22H,3-12H2,1-2H3. The normalized spacial score (nSPS) is 11.2. The minimum absolute atomic E-state index is 1.20. The molecule has 2 rings (SSSR count). The van der Waals surface area contributed by atoms with E-state index >= 15 is 0 Å². The van der Waals surface area contributed by atoms with E-state index in [0.717, 1.165) is 0 Å². The van der Waals surface area contributed by atoms with Gasteiger partial charge in [0.1, 0.15) is 0 Å². The van der Waals surface area contributed by atoms with Gasteiger partial charge in [0.2, 0.25) is 0 Å². The average molecular weight is 300 g/mol. The summed E-state index contributed by atoms with van der Waals surface area (Å²) in [4.78, 5) is 6.84. The third-order valence-corrected chi connectivity index (χ3v) is 4.41. The molecule has 0 saturated carbocycles. The van der Waals surface area contributed by atoms with Crippen molar-refractivity contribution in [2.75, 3.05) is 0 Å². The molecule has 22 heavy (non-hydrogen) atoms. The van der Waals surface area contributed by atoms with E-state index in [4.69, 9.17) is 0 Å². The van der Waals surface area contributed by atoms with Crippen LogP contribution in [0.15, 0.2) is 24.5 Å². The van der Waals surface area contributed by atoms with Crippen LogP contribution in [0.2, 0.25) is 0 Å². The highest BCUT2D eigenvalue weighted by molar-refractivity contribution is 5.57. The van der Waals surface area contributed by atoms with Gasteiger partial charge in [0, 0.05) is 12.4 Å². The molecule has 2 aromatic heterocycles. The Balaban J connectivity index is 1.81. The molecule has 122 valence electrons. The Morgan fingerprint density at radius 3 is 1.50 bits per heavy atom. The molecule has 0 radical (unpaired) electrons. The molecular weight excluding hydrogens is 268 g/mol. The van der Waals surface area contributed by atoms with Gasteiger partial charge in [0.25, 0.3) is 0 Å². The maximum atomic E-state index is 3.42. The molecule has 0 aliphatic heterocycles. The van der Waals surface area contributed by atoms with Crippen molar-refractivity contribution >= 4 is 0 Å². The summed E-state index contributed by atoms with van der Waals surface area (Å²) in [5, 5.41) is 0. The van der Waals surface area contributed by atoms with E-state index in [1.54, 1.807) is 0 Å². The summed E-state index contributed by atoms with van der Waals surface area (Å²) in [7, 11) is 0. The fraction of sp³-hybridized carbons (Fsp3) is 0.600. The summed E-state index contributed by atoms with van der Waals surface area (Å²) in [5.41, 5.74) is 5.32. The Bertz CT molecular complexity index is 473. The van der Waals surface area contributed by atoms with Gasteiger partial charge >= 0.3 is 0 Å². The van der Waals surface area contributed by atoms with Gasteiger partial charge in [-0.05, 0) is 48.9 Å². The van der Waals surface area contributed by atoms with E-state index in [0.29, 0.717) is 0 Å². The molecule has 0 saturated heterocycles. The summed E-state index contributed by atoms with van der Waals surface area (Å²) in [6, 6.07) is 4.61. The minimum atomic E-state index is 1.20. The number of unbranched alkanes of at least 4 members (excludes halogenated alkanes) is 6. The number of aromatic nitrogens is 2. The van der Waals surface area contributed by atoms with Crippen LogP contribution in [0.5, 0.6) is 0 Å². The molecule has 0 spiro atoms. The van der Waals surface area contributed by atoms with Gasteiger partial charge in [-0.1, -0.05) is 52.4 Å². The SMILES string of the molecule is CCCCCCc1c[nH]c(-c2cc(CCCCCC)c[nH]2)c1. The smallest absolute Gasteiger partial charge is 0.0622 e. The molecule has 2 heterocycles. The van der Waals surface area contributed by atoms with Crippen LogP contribution in [-0.2, 0) is 12.8 Å². The molecule has 2 heteroatoms. The van der Waals surface area contributed by atoms with Crippen molar-refractivity contribution in [3.63, 3.8) is 0 Å². The lowest BCUT2D eigenvalue weighted by molar-refractivity contribution is 0.667. The summed E-state index contributed by atoms with van der Waals surface area (Å²) in [6.07, 6.45) is 17.4. The molecule has 2 aromatic rings.